The summed E-state index contributed by atoms with van der Waals surface area (Å²) in [5.74, 6) is -1.96. The Morgan fingerprint density at radius 1 is 0.306 bits per heavy atom. The molecule has 1 atom stereocenters. The van der Waals surface area contributed by atoms with Crippen molar-refractivity contribution in [3.63, 3.8) is 0 Å². The van der Waals surface area contributed by atoms with Crippen molar-refractivity contribution in [3.8, 4) is 0 Å². The Hall–Kier alpha value is -1.88. The van der Waals surface area contributed by atoms with Gasteiger partial charge in [-0.1, -0.05) is 290 Å². The first kappa shape index (κ1) is 79.0. The second kappa shape index (κ2) is 69.1. The number of carboxylic acids is 3. The smallest absolute Gasteiger partial charge is 0.394 e. The second-order valence-electron chi connectivity index (χ2n) is 19.9. The van der Waals surface area contributed by atoms with Crippen LogP contribution in [0.5, 0.6) is 0 Å². The lowest BCUT2D eigenvalue weighted by Crippen LogP contribution is -2.28. The van der Waals surface area contributed by atoms with Gasteiger partial charge in [0.1, 0.15) is 6.10 Å². The van der Waals surface area contributed by atoms with Crippen molar-refractivity contribution in [3.05, 3.63) is 0 Å². The summed E-state index contributed by atoms with van der Waals surface area (Å²) in [5, 5.41) is 57.6. The molecular formula is C57H118O14S. The van der Waals surface area contributed by atoms with Gasteiger partial charge >= 0.3 is 28.3 Å². The van der Waals surface area contributed by atoms with Crippen LogP contribution >= 0.6 is 0 Å². The predicted octanol–water partition coefficient (Wildman–Crippen LogP) is 16.0. The third-order valence-electron chi connectivity index (χ3n) is 12.5. The highest BCUT2D eigenvalue weighted by Crippen LogP contribution is 2.16. The van der Waals surface area contributed by atoms with Crippen LogP contribution in [-0.4, -0.2) is 90.2 Å². The fourth-order valence-corrected chi connectivity index (χ4v) is 8.04. The molecule has 1 unspecified atom stereocenters. The summed E-state index contributed by atoms with van der Waals surface area (Å²) in [4.78, 5) is 31.0. The maximum Gasteiger partial charge on any atom is 0.394 e. The minimum atomic E-state index is -4.67. The highest BCUT2D eigenvalue weighted by molar-refractivity contribution is 7.79. The van der Waals surface area contributed by atoms with Crippen LogP contribution in [0.3, 0.4) is 0 Å². The molecule has 0 heterocycles. The molecule has 0 aromatic carbocycles. The van der Waals surface area contributed by atoms with E-state index in [-0.39, 0.29) is 0 Å². The largest absolute Gasteiger partial charge is 0.481 e. The second-order valence-corrected chi connectivity index (χ2v) is 20.8. The molecule has 0 aromatic heterocycles. The van der Waals surface area contributed by atoms with E-state index >= 15 is 0 Å². The molecule has 0 bridgehead atoms. The Morgan fingerprint density at radius 3 is 0.514 bits per heavy atom. The normalized spacial score (nSPS) is 11.3. The molecule has 0 aliphatic heterocycles. The Labute approximate surface area is 442 Å². The van der Waals surface area contributed by atoms with Crippen molar-refractivity contribution >= 4 is 28.3 Å². The number of carboxylic acid groups (broad SMARTS) is 3. The number of hydrogen-bond donors (Lipinski definition) is 9. The Balaban J connectivity index is -0.000000279. The van der Waals surface area contributed by atoms with E-state index < -0.39 is 47.3 Å². The molecule has 72 heavy (non-hydrogen) atoms. The molecule has 0 aliphatic rings. The van der Waals surface area contributed by atoms with Crippen molar-refractivity contribution < 1.29 is 67.7 Å². The average Bonchev–Trinajstić information content (AvgIpc) is 3.32. The van der Waals surface area contributed by atoms with Crippen LogP contribution in [0.25, 0.3) is 0 Å². The molecule has 0 radical (unpaired) electrons. The molecule has 436 valence electrons. The van der Waals surface area contributed by atoms with Crippen LogP contribution in [0.1, 0.15) is 329 Å². The molecule has 0 saturated heterocycles. The lowest BCUT2D eigenvalue weighted by Gasteiger charge is -2.06. The van der Waals surface area contributed by atoms with Gasteiger partial charge in [-0.2, -0.15) is 8.42 Å². The van der Waals surface area contributed by atoms with E-state index in [9.17, 15) is 14.4 Å². The van der Waals surface area contributed by atoms with E-state index in [4.69, 9.17) is 53.3 Å². The van der Waals surface area contributed by atoms with Crippen LogP contribution in [-0.2, 0) is 24.8 Å². The molecule has 9 N–H and O–H groups in total. The van der Waals surface area contributed by atoms with Crippen molar-refractivity contribution in [1.29, 1.82) is 0 Å². The monoisotopic (exact) mass is 1060 g/mol. The van der Waals surface area contributed by atoms with Gasteiger partial charge in [0.05, 0.1) is 6.61 Å². The molecule has 0 spiro atoms. The van der Waals surface area contributed by atoms with E-state index in [1.54, 1.807) is 0 Å². The topological polar surface area (TPSA) is 267 Å². The van der Waals surface area contributed by atoms with Crippen molar-refractivity contribution in [1.82, 2.24) is 0 Å². The van der Waals surface area contributed by atoms with E-state index in [1.165, 1.54) is 250 Å². The zero-order chi connectivity index (χ0) is 55.0. The van der Waals surface area contributed by atoms with Crippen LogP contribution in [0.2, 0.25) is 0 Å². The number of aliphatic hydroxyl groups excluding tert-OH is 3. The highest BCUT2D eigenvalue weighted by atomic mass is 32.3. The SMILES string of the molecule is CCCCCCCCCCCCCCCCCC(=O)O.CCCCCCCCCCCCCCCCCC(=O)O.CCCCCCCCCCCCCCCCCC(=O)O.O=S(=O)(O)O.OCC(O)C(O)O. The van der Waals surface area contributed by atoms with E-state index in [0.717, 1.165) is 38.5 Å². The summed E-state index contributed by atoms with van der Waals surface area (Å²) in [6.45, 7) is 6.18. The zero-order valence-electron chi connectivity index (χ0n) is 46.8. The maximum absolute atomic E-state index is 10.3. The summed E-state index contributed by atoms with van der Waals surface area (Å²) in [6, 6.07) is 0. The van der Waals surface area contributed by atoms with Gasteiger partial charge in [0, 0.05) is 19.3 Å². The predicted molar refractivity (Wildman–Crippen MR) is 297 cm³/mol. The molecular weight excluding hydrogens is 941 g/mol. The fourth-order valence-electron chi connectivity index (χ4n) is 8.04. The number of hydrogen-bond acceptors (Lipinski definition) is 9. The number of carbonyl (C=O) groups is 3. The molecule has 0 saturated carbocycles. The van der Waals surface area contributed by atoms with Gasteiger partial charge in [-0.3, -0.25) is 23.5 Å². The van der Waals surface area contributed by atoms with Crippen molar-refractivity contribution in [2.45, 2.75) is 341 Å². The Morgan fingerprint density at radius 2 is 0.431 bits per heavy atom. The fraction of sp³-hybridized carbons (Fsp3) is 0.947. The first-order valence-corrected chi connectivity index (χ1v) is 30.9. The average molecular weight is 1060 g/mol. The third-order valence-corrected chi connectivity index (χ3v) is 12.5. The number of aliphatic hydroxyl groups is 4. The number of unbranched alkanes of at least 4 members (excludes halogenated alkanes) is 42. The van der Waals surface area contributed by atoms with Gasteiger partial charge in [0.2, 0.25) is 0 Å². The first-order valence-electron chi connectivity index (χ1n) is 29.5. The molecule has 0 amide bonds. The third kappa shape index (κ3) is 101. The summed E-state index contributed by atoms with van der Waals surface area (Å²) in [6.07, 6.45) is 57.3. The van der Waals surface area contributed by atoms with E-state index in [0.29, 0.717) is 19.3 Å². The molecule has 14 nitrogen and oxygen atoms in total. The minimum absolute atomic E-state index is 0.345. The van der Waals surface area contributed by atoms with Gasteiger partial charge in [-0.15, -0.1) is 0 Å². The molecule has 0 aromatic rings. The van der Waals surface area contributed by atoms with Gasteiger partial charge in [-0.05, 0) is 19.3 Å². The maximum atomic E-state index is 10.3. The van der Waals surface area contributed by atoms with Crippen molar-refractivity contribution in [2.75, 3.05) is 6.61 Å². The lowest BCUT2D eigenvalue weighted by atomic mass is 10.0. The molecule has 0 fully saturated rings. The van der Waals surface area contributed by atoms with Crippen LogP contribution in [0.15, 0.2) is 0 Å². The summed E-state index contributed by atoms with van der Waals surface area (Å²) < 4.78 is 31.6. The van der Waals surface area contributed by atoms with Gasteiger partial charge in [0.15, 0.2) is 6.29 Å². The van der Waals surface area contributed by atoms with Crippen LogP contribution < -0.4 is 0 Å². The van der Waals surface area contributed by atoms with Gasteiger partial charge in [-0.25, -0.2) is 0 Å². The summed E-state index contributed by atoms with van der Waals surface area (Å²) in [5.41, 5.74) is 0. The zero-order valence-corrected chi connectivity index (χ0v) is 47.6. The quantitative estimate of drug-likeness (QED) is 0.0156. The molecule has 0 rings (SSSR count). The minimum Gasteiger partial charge on any atom is -0.481 e. The van der Waals surface area contributed by atoms with Crippen LogP contribution in [0, 0.1) is 0 Å². The summed E-state index contributed by atoms with van der Waals surface area (Å²) in [7, 11) is -4.67. The van der Waals surface area contributed by atoms with Crippen molar-refractivity contribution in [2.24, 2.45) is 0 Å². The standard InChI is InChI=1S/3C18H36O2.C3H8O4.H2O4S/c3*1-2-3-4-5-6-7-8-9-10-11-12-13-14-15-16-17-18(19)20;4-1-2(5)3(6)7;1-5(2,3)4/h3*2-17H2,1H3,(H,19,20);2-7H,1H2;(H2,1,2,3,4). The van der Waals surface area contributed by atoms with Crippen LogP contribution in [0.4, 0.5) is 0 Å². The Kier molecular flexibility index (Phi) is 75.8. The molecule has 0 aliphatic carbocycles. The highest BCUT2D eigenvalue weighted by Gasteiger charge is 2.09. The number of rotatable bonds is 50. The van der Waals surface area contributed by atoms with E-state index in [2.05, 4.69) is 20.8 Å². The van der Waals surface area contributed by atoms with Gasteiger partial charge in [0.25, 0.3) is 0 Å². The van der Waals surface area contributed by atoms with E-state index in [1.807, 2.05) is 0 Å². The number of aliphatic carboxylic acids is 3. The lowest BCUT2D eigenvalue weighted by molar-refractivity contribution is -0.138. The Bertz CT molecular complexity index is 1040. The summed E-state index contributed by atoms with van der Waals surface area (Å²) >= 11 is 0. The molecule has 15 heteroatoms. The van der Waals surface area contributed by atoms with Gasteiger partial charge < -0.3 is 35.7 Å². The first-order chi connectivity index (χ1) is 34.5.